The number of nitrogens with zero attached hydrogens (tertiary/aromatic N) is 1. The summed E-state index contributed by atoms with van der Waals surface area (Å²) in [7, 11) is 3.15. The average Bonchev–Trinajstić information content (AvgIpc) is 3.13. The van der Waals surface area contributed by atoms with Gasteiger partial charge in [0.05, 0.1) is 24.2 Å². The Balaban J connectivity index is 1.53. The van der Waals surface area contributed by atoms with Crippen LogP contribution in [-0.4, -0.2) is 36.7 Å². The third kappa shape index (κ3) is 5.36. The molecular formula is C20H19ClN4O5S2. The quantitative estimate of drug-likeness (QED) is 0.258. The second kappa shape index (κ2) is 10.4. The number of non-ortho nitro benzene ring substituents is 1. The van der Waals surface area contributed by atoms with Crippen LogP contribution in [0.2, 0.25) is 5.02 Å². The fourth-order valence-corrected chi connectivity index (χ4v) is 4.48. The number of carbonyl (C=O) groups excluding carboxylic acids is 1. The predicted octanol–water partition coefficient (Wildman–Crippen LogP) is 3.83. The Morgan fingerprint density at radius 1 is 1.16 bits per heavy atom. The Morgan fingerprint density at radius 2 is 1.91 bits per heavy atom. The number of hydrogen-bond donors (Lipinski definition) is 3. The summed E-state index contributed by atoms with van der Waals surface area (Å²) in [4.78, 5) is 23.2. The van der Waals surface area contributed by atoms with Gasteiger partial charge in [0.25, 0.3) is 11.6 Å². The van der Waals surface area contributed by atoms with Crippen LogP contribution in [-0.2, 0) is 6.42 Å². The molecule has 3 N–H and O–H groups in total. The maximum Gasteiger partial charge on any atom is 0.281 e. The normalized spacial score (nSPS) is 10.5. The summed E-state index contributed by atoms with van der Waals surface area (Å²) < 4.78 is 11.1. The van der Waals surface area contributed by atoms with E-state index < -0.39 is 10.8 Å². The van der Waals surface area contributed by atoms with Crippen molar-refractivity contribution in [3.8, 4) is 11.5 Å². The number of nitrogens with one attached hydrogen (secondary N) is 3. The van der Waals surface area contributed by atoms with Crippen LogP contribution in [0.3, 0.4) is 0 Å². The highest BCUT2D eigenvalue weighted by Gasteiger charge is 2.19. The SMILES string of the molecule is COc1ccc(CCNC(=S)NNC(=O)c2sc3cc([N+](=O)[O-])ccc3c2Cl)cc1OC. The first-order valence-electron chi connectivity index (χ1n) is 9.25. The first kappa shape index (κ1) is 23.5. The van der Waals surface area contributed by atoms with Crippen LogP contribution in [0.5, 0.6) is 11.5 Å². The van der Waals surface area contributed by atoms with Gasteiger partial charge in [0.1, 0.15) is 4.88 Å². The molecule has 1 heterocycles. The zero-order chi connectivity index (χ0) is 23.3. The smallest absolute Gasteiger partial charge is 0.281 e. The van der Waals surface area contributed by atoms with Gasteiger partial charge in [-0.05, 0) is 42.4 Å². The number of ether oxygens (including phenoxy) is 2. The van der Waals surface area contributed by atoms with Crippen molar-refractivity contribution < 1.29 is 19.2 Å². The minimum Gasteiger partial charge on any atom is -0.493 e. The van der Waals surface area contributed by atoms with E-state index in [0.29, 0.717) is 34.6 Å². The fraction of sp³-hybridized carbons (Fsp3) is 0.200. The highest BCUT2D eigenvalue weighted by molar-refractivity contribution is 7.80. The van der Waals surface area contributed by atoms with Gasteiger partial charge in [-0.15, -0.1) is 11.3 Å². The van der Waals surface area contributed by atoms with Crippen molar-refractivity contribution in [3.63, 3.8) is 0 Å². The van der Waals surface area contributed by atoms with Crippen molar-refractivity contribution in [2.24, 2.45) is 0 Å². The van der Waals surface area contributed by atoms with E-state index in [1.807, 2.05) is 18.2 Å². The van der Waals surface area contributed by atoms with Crippen LogP contribution < -0.4 is 25.6 Å². The number of fused-ring (bicyclic) bond motifs is 1. The number of nitro groups is 1. The van der Waals surface area contributed by atoms with E-state index in [2.05, 4.69) is 16.2 Å². The third-order valence-electron chi connectivity index (χ3n) is 4.47. The van der Waals surface area contributed by atoms with Gasteiger partial charge in [-0.1, -0.05) is 17.7 Å². The van der Waals surface area contributed by atoms with E-state index in [1.165, 1.54) is 18.2 Å². The maximum absolute atomic E-state index is 12.5. The molecular weight excluding hydrogens is 476 g/mol. The molecule has 0 fully saturated rings. The van der Waals surface area contributed by atoms with Crippen LogP contribution >= 0.6 is 35.2 Å². The third-order valence-corrected chi connectivity index (χ3v) is 6.37. The number of benzene rings is 2. The number of methoxy groups -OCH3 is 2. The van der Waals surface area contributed by atoms with Crippen molar-refractivity contribution >= 4 is 61.9 Å². The lowest BCUT2D eigenvalue weighted by Gasteiger charge is -2.12. The van der Waals surface area contributed by atoms with Gasteiger partial charge in [-0.3, -0.25) is 25.8 Å². The predicted molar refractivity (Wildman–Crippen MR) is 128 cm³/mol. The summed E-state index contributed by atoms with van der Waals surface area (Å²) in [6.45, 7) is 0.518. The van der Waals surface area contributed by atoms with Crippen LogP contribution in [0, 0.1) is 10.1 Å². The molecule has 0 saturated carbocycles. The molecule has 0 unspecified atom stereocenters. The average molecular weight is 495 g/mol. The number of rotatable bonds is 7. The summed E-state index contributed by atoms with van der Waals surface area (Å²) in [6.07, 6.45) is 0.664. The molecule has 0 spiro atoms. The molecule has 0 bridgehead atoms. The summed E-state index contributed by atoms with van der Waals surface area (Å²) in [5, 5.41) is 15.0. The zero-order valence-electron chi connectivity index (χ0n) is 17.1. The molecule has 3 rings (SSSR count). The zero-order valence-corrected chi connectivity index (χ0v) is 19.5. The molecule has 32 heavy (non-hydrogen) atoms. The highest BCUT2D eigenvalue weighted by Crippen LogP contribution is 2.37. The van der Waals surface area contributed by atoms with Crippen molar-refractivity contribution in [2.75, 3.05) is 20.8 Å². The second-order valence-electron chi connectivity index (χ2n) is 6.46. The Hall–Kier alpha value is -3.15. The van der Waals surface area contributed by atoms with Crippen LogP contribution in [0.25, 0.3) is 10.1 Å². The largest absolute Gasteiger partial charge is 0.493 e. The van der Waals surface area contributed by atoms with Gasteiger partial charge in [0.15, 0.2) is 16.6 Å². The van der Waals surface area contributed by atoms with E-state index in [1.54, 1.807) is 14.2 Å². The van der Waals surface area contributed by atoms with Gasteiger partial charge < -0.3 is 14.8 Å². The minimum atomic E-state index is -0.500. The maximum atomic E-state index is 12.5. The molecule has 0 aliphatic carbocycles. The van der Waals surface area contributed by atoms with Crippen LogP contribution in [0.15, 0.2) is 36.4 Å². The van der Waals surface area contributed by atoms with E-state index in [0.717, 1.165) is 16.9 Å². The summed E-state index contributed by atoms with van der Waals surface area (Å²) in [6, 6.07) is 9.89. The number of halogens is 1. The molecule has 0 aliphatic rings. The summed E-state index contributed by atoms with van der Waals surface area (Å²) in [5.74, 6) is 0.796. The molecule has 168 valence electrons. The topological polar surface area (TPSA) is 115 Å². The van der Waals surface area contributed by atoms with Crippen molar-refractivity contribution in [1.29, 1.82) is 0 Å². The second-order valence-corrected chi connectivity index (χ2v) is 8.30. The molecule has 0 radical (unpaired) electrons. The van der Waals surface area contributed by atoms with Gasteiger partial charge in [-0.25, -0.2) is 0 Å². The van der Waals surface area contributed by atoms with E-state index in [-0.39, 0.29) is 20.7 Å². The number of hydrazine groups is 1. The minimum absolute atomic E-state index is 0.0691. The number of amides is 1. The molecule has 1 aromatic heterocycles. The van der Waals surface area contributed by atoms with Gasteiger partial charge >= 0.3 is 0 Å². The summed E-state index contributed by atoms with van der Waals surface area (Å²) in [5.41, 5.74) is 6.06. The van der Waals surface area contributed by atoms with Crippen LogP contribution in [0.4, 0.5) is 5.69 Å². The van der Waals surface area contributed by atoms with Crippen LogP contribution in [0.1, 0.15) is 15.2 Å². The molecule has 0 saturated heterocycles. The number of nitro benzene ring substituents is 1. The first-order chi connectivity index (χ1) is 15.3. The van der Waals surface area contributed by atoms with E-state index >= 15 is 0 Å². The number of thiophene rings is 1. The molecule has 1 amide bonds. The van der Waals surface area contributed by atoms with Gasteiger partial charge in [0.2, 0.25) is 0 Å². The number of carbonyl (C=O) groups is 1. The highest BCUT2D eigenvalue weighted by atomic mass is 35.5. The number of thiocarbonyl (C=S) groups is 1. The Morgan fingerprint density at radius 3 is 2.59 bits per heavy atom. The molecule has 3 aromatic rings. The van der Waals surface area contributed by atoms with Gasteiger partial charge in [0, 0.05) is 28.8 Å². The van der Waals surface area contributed by atoms with E-state index in [9.17, 15) is 14.9 Å². The van der Waals surface area contributed by atoms with Crippen molar-refractivity contribution in [3.05, 3.63) is 62.0 Å². The molecule has 0 atom stereocenters. The van der Waals surface area contributed by atoms with Gasteiger partial charge in [-0.2, -0.15) is 0 Å². The van der Waals surface area contributed by atoms with Crippen molar-refractivity contribution in [2.45, 2.75) is 6.42 Å². The summed E-state index contributed by atoms with van der Waals surface area (Å²) >= 11 is 12.5. The molecule has 9 nitrogen and oxygen atoms in total. The lowest BCUT2D eigenvalue weighted by Crippen LogP contribution is -2.47. The lowest BCUT2D eigenvalue weighted by atomic mass is 10.1. The molecule has 2 aromatic carbocycles. The Bertz CT molecular complexity index is 1180. The fourth-order valence-electron chi connectivity index (χ4n) is 2.88. The Labute approximate surface area is 197 Å². The standard InChI is InChI=1S/C20H19ClN4O5S2/c1-29-14-6-3-11(9-15(14)30-2)7-8-22-20(31)24-23-19(26)18-17(21)13-5-4-12(25(27)28)10-16(13)32-18/h3-6,9-10H,7-8H2,1-2H3,(H,23,26)(H2,22,24,31). The number of hydrogen-bond acceptors (Lipinski definition) is 7. The van der Waals surface area contributed by atoms with Crippen molar-refractivity contribution in [1.82, 2.24) is 16.2 Å². The monoisotopic (exact) mass is 494 g/mol. The Kier molecular flexibility index (Phi) is 7.67. The lowest BCUT2D eigenvalue weighted by molar-refractivity contribution is -0.384. The molecule has 0 aliphatic heterocycles. The first-order valence-corrected chi connectivity index (χ1v) is 10.9. The molecule has 12 heteroatoms. The van der Waals surface area contributed by atoms with E-state index in [4.69, 9.17) is 33.3 Å².